The first-order chi connectivity index (χ1) is 10.2. The van der Waals surface area contributed by atoms with E-state index in [-0.39, 0.29) is 5.75 Å². The van der Waals surface area contributed by atoms with Crippen LogP contribution < -0.4 is 10.5 Å². The molecule has 0 atom stereocenters. The molecular formula is C16H17F3N2O. The maximum Gasteiger partial charge on any atom is 0.573 e. The Labute approximate surface area is 126 Å². The summed E-state index contributed by atoms with van der Waals surface area (Å²) in [5.41, 5.74) is 10.3. The number of aryl methyl sites for hydroxylation is 3. The number of pyridine rings is 1. The van der Waals surface area contributed by atoms with Gasteiger partial charge in [-0.2, -0.15) is 0 Å². The zero-order valence-electron chi connectivity index (χ0n) is 12.6. The summed E-state index contributed by atoms with van der Waals surface area (Å²) in [6, 6.07) is 6.06. The van der Waals surface area contributed by atoms with Crippen LogP contribution in [-0.2, 0) is 6.42 Å². The summed E-state index contributed by atoms with van der Waals surface area (Å²) in [4.78, 5) is 4.54. The van der Waals surface area contributed by atoms with Gasteiger partial charge in [0.1, 0.15) is 5.75 Å². The minimum atomic E-state index is -4.70. The van der Waals surface area contributed by atoms with E-state index in [4.69, 9.17) is 5.73 Å². The second-order valence-corrected chi connectivity index (χ2v) is 5.07. The topological polar surface area (TPSA) is 48.1 Å². The van der Waals surface area contributed by atoms with E-state index in [1.165, 1.54) is 12.1 Å². The summed E-state index contributed by atoms with van der Waals surface area (Å²) in [5, 5.41) is 0. The zero-order chi connectivity index (χ0) is 16.5. The van der Waals surface area contributed by atoms with E-state index >= 15 is 0 Å². The average molecular weight is 310 g/mol. The Hall–Kier alpha value is -2.24. The predicted octanol–water partition coefficient (Wildman–Crippen LogP) is 4.41. The third kappa shape index (κ3) is 3.50. The predicted molar refractivity (Wildman–Crippen MR) is 79.6 cm³/mol. The van der Waals surface area contributed by atoms with Gasteiger partial charge in [-0.3, -0.25) is 4.98 Å². The highest BCUT2D eigenvalue weighted by atomic mass is 19.4. The van der Waals surface area contributed by atoms with Gasteiger partial charge in [0.05, 0.1) is 17.1 Å². The SMILES string of the molecule is CCc1nc(-c2ccc(OC(F)(F)F)cc2C)c(C)cc1N. The minimum absolute atomic E-state index is 0.238. The second kappa shape index (κ2) is 5.87. The van der Waals surface area contributed by atoms with Gasteiger partial charge in [0, 0.05) is 5.56 Å². The number of hydrogen-bond acceptors (Lipinski definition) is 3. The molecule has 22 heavy (non-hydrogen) atoms. The summed E-state index contributed by atoms with van der Waals surface area (Å²) >= 11 is 0. The van der Waals surface area contributed by atoms with Crippen molar-refractivity contribution in [1.29, 1.82) is 0 Å². The number of nitrogen functional groups attached to an aromatic ring is 1. The fourth-order valence-electron chi connectivity index (χ4n) is 2.33. The number of hydrogen-bond donors (Lipinski definition) is 1. The Morgan fingerprint density at radius 3 is 2.36 bits per heavy atom. The van der Waals surface area contributed by atoms with Gasteiger partial charge < -0.3 is 10.5 Å². The summed E-state index contributed by atoms with van der Waals surface area (Å²) in [6.07, 6.45) is -4.01. The quantitative estimate of drug-likeness (QED) is 0.913. The molecule has 0 fully saturated rings. The summed E-state index contributed by atoms with van der Waals surface area (Å²) in [6.45, 7) is 5.55. The molecule has 6 heteroatoms. The van der Waals surface area contributed by atoms with Gasteiger partial charge >= 0.3 is 6.36 Å². The van der Waals surface area contributed by atoms with Crippen LogP contribution in [0, 0.1) is 13.8 Å². The van der Waals surface area contributed by atoms with Crippen LogP contribution in [0.1, 0.15) is 23.7 Å². The van der Waals surface area contributed by atoms with E-state index in [1.54, 1.807) is 13.0 Å². The van der Waals surface area contributed by atoms with E-state index < -0.39 is 6.36 Å². The number of ether oxygens (including phenoxy) is 1. The highest BCUT2D eigenvalue weighted by Gasteiger charge is 2.31. The van der Waals surface area contributed by atoms with Crippen molar-refractivity contribution in [2.45, 2.75) is 33.6 Å². The molecule has 3 nitrogen and oxygen atoms in total. The first-order valence-corrected chi connectivity index (χ1v) is 6.84. The molecule has 1 aromatic heterocycles. The molecule has 2 aromatic rings. The first-order valence-electron chi connectivity index (χ1n) is 6.84. The first kappa shape index (κ1) is 16.1. The number of halogens is 3. The van der Waals surface area contributed by atoms with Crippen LogP contribution in [0.4, 0.5) is 18.9 Å². The second-order valence-electron chi connectivity index (χ2n) is 5.07. The molecule has 0 bridgehead atoms. The van der Waals surface area contributed by atoms with Crippen LogP contribution in [0.2, 0.25) is 0 Å². The molecule has 1 aromatic carbocycles. The van der Waals surface area contributed by atoms with E-state index in [9.17, 15) is 13.2 Å². The Morgan fingerprint density at radius 1 is 1.14 bits per heavy atom. The monoisotopic (exact) mass is 310 g/mol. The van der Waals surface area contributed by atoms with Crippen LogP contribution in [0.25, 0.3) is 11.3 Å². The highest BCUT2D eigenvalue weighted by molar-refractivity contribution is 5.70. The molecule has 0 aliphatic rings. The van der Waals surface area contributed by atoms with Crippen molar-refractivity contribution in [1.82, 2.24) is 4.98 Å². The standard InChI is InChI=1S/C16H17F3N2O/c1-4-14-13(20)8-10(3)15(21-14)12-6-5-11(7-9(12)2)22-16(17,18)19/h5-8H,4,20H2,1-3H3. The number of nitrogens with zero attached hydrogens (tertiary/aromatic N) is 1. The van der Waals surface area contributed by atoms with Gasteiger partial charge in [-0.1, -0.05) is 6.92 Å². The van der Waals surface area contributed by atoms with Crippen LogP contribution in [0.15, 0.2) is 24.3 Å². The molecule has 0 saturated carbocycles. The fraction of sp³-hybridized carbons (Fsp3) is 0.312. The number of alkyl halides is 3. The van der Waals surface area contributed by atoms with Gasteiger partial charge in [-0.15, -0.1) is 13.2 Å². The van der Waals surface area contributed by atoms with Gasteiger partial charge in [0.2, 0.25) is 0 Å². The lowest BCUT2D eigenvalue weighted by Crippen LogP contribution is -2.17. The molecule has 0 aliphatic heterocycles. The molecule has 1 heterocycles. The van der Waals surface area contributed by atoms with E-state index in [2.05, 4.69) is 9.72 Å². The Morgan fingerprint density at radius 2 is 1.82 bits per heavy atom. The van der Waals surface area contributed by atoms with Crippen molar-refractivity contribution in [2.24, 2.45) is 0 Å². The molecule has 0 unspecified atom stereocenters. The molecule has 2 N–H and O–H groups in total. The van der Waals surface area contributed by atoms with Crippen LogP contribution in [0.5, 0.6) is 5.75 Å². The van der Waals surface area contributed by atoms with Crippen LogP contribution in [0.3, 0.4) is 0 Å². The van der Waals surface area contributed by atoms with Crippen molar-refractivity contribution >= 4 is 5.69 Å². The molecule has 0 saturated heterocycles. The number of rotatable bonds is 3. The van der Waals surface area contributed by atoms with Gasteiger partial charge in [-0.25, -0.2) is 0 Å². The van der Waals surface area contributed by atoms with Crippen molar-refractivity contribution in [3.8, 4) is 17.0 Å². The zero-order valence-corrected chi connectivity index (χ0v) is 12.6. The number of aromatic nitrogens is 1. The van der Waals surface area contributed by atoms with Gasteiger partial charge in [-0.05, 0) is 55.7 Å². The van der Waals surface area contributed by atoms with Crippen LogP contribution in [-0.4, -0.2) is 11.3 Å². The average Bonchev–Trinajstić information content (AvgIpc) is 2.38. The molecule has 2 rings (SSSR count). The molecule has 0 amide bonds. The van der Waals surface area contributed by atoms with Crippen molar-refractivity contribution in [3.63, 3.8) is 0 Å². The highest BCUT2D eigenvalue weighted by Crippen LogP contribution is 2.31. The van der Waals surface area contributed by atoms with E-state index in [0.29, 0.717) is 17.7 Å². The lowest BCUT2D eigenvalue weighted by Gasteiger charge is -2.14. The smallest absolute Gasteiger partial charge is 0.406 e. The van der Waals surface area contributed by atoms with E-state index in [0.717, 1.165) is 22.5 Å². The maximum atomic E-state index is 12.3. The summed E-state index contributed by atoms with van der Waals surface area (Å²) < 4.78 is 40.7. The Kier molecular flexibility index (Phi) is 4.30. The largest absolute Gasteiger partial charge is 0.573 e. The molecule has 118 valence electrons. The lowest BCUT2D eigenvalue weighted by atomic mass is 10.00. The molecule has 0 spiro atoms. The molecule has 0 radical (unpaired) electrons. The van der Waals surface area contributed by atoms with Crippen molar-refractivity contribution in [3.05, 3.63) is 41.1 Å². The third-order valence-electron chi connectivity index (χ3n) is 3.35. The third-order valence-corrected chi connectivity index (χ3v) is 3.35. The minimum Gasteiger partial charge on any atom is -0.406 e. The summed E-state index contributed by atoms with van der Waals surface area (Å²) in [7, 11) is 0. The maximum absolute atomic E-state index is 12.3. The molecular weight excluding hydrogens is 293 g/mol. The number of nitrogens with two attached hydrogens (primary N) is 1. The van der Waals surface area contributed by atoms with Crippen molar-refractivity contribution in [2.75, 3.05) is 5.73 Å². The van der Waals surface area contributed by atoms with Gasteiger partial charge in [0.25, 0.3) is 0 Å². The lowest BCUT2D eigenvalue weighted by molar-refractivity contribution is -0.274. The van der Waals surface area contributed by atoms with Crippen LogP contribution >= 0.6 is 0 Å². The number of benzene rings is 1. The normalized spacial score (nSPS) is 11.5. The number of anilines is 1. The summed E-state index contributed by atoms with van der Waals surface area (Å²) in [5.74, 6) is -0.238. The Bertz CT molecular complexity index is 697. The fourth-order valence-corrected chi connectivity index (χ4v) is 2.33. The van der Waals surface area contributed by atoms with E-state index in [1.807, 2.05) is 19.9 Å². The Balaban J connectivity index is 2.46. The molecule has 0 aliphatic carbocycles. The van der Waals surface area contributed by atoms with Gasteiger partial charge in [0.15, 0.2) is 0 Å². The van der Waals surface area contributed by atoms with Crippen molar-refractivity contribution < 1.29 is 17.9 Å².